The molecule has 1 aliphatic carbocycles. The first-order valence-corrected chi connectivity index (χ1v) is 8.96. The maximum absolute atomic E-state index is 5.31. The SMILES string of the molecule is COc1ccc(Br)c(NC2CCCc3sc(Br)cc32)c1. The largest absolute Gasteiger partial charge is 0.497 e. The number of fused-ring (bicyclic) bond motifs is 1. The van der Waals surface area contributed by atoms with Crippen molar-refractivity contribution in [3.8, 4) is 5.75 Å². The Morgan fingerprint density at radius 2 is 2.15 bits per heavy atom. The molecule has 1 aromatic carbocycles. The molecule has 0 saturated carbocycles. The molecule has 0 amide bonds. The average molecular weight is 417 g/mol. The minimum absolute atomic E-state index is 0.379. The molecule has 1 atom stereocenters. The molecular formula is C15H15Br2NOS. The Balaban J connectivity index is 1.88. The number of aryl methyl sites for hydroxylation is 1. The van der Waals surface area contributed by atoms with E-state index >= 15 is 0 Å². The van der Waals surface area contributed by atoms with Gasteiger partial charge in [-0.1, -0.05) is 0 Å². The maximum atomic E-state index is 5.31. The molecule has 0 saturated heterocycles. The van der Waals surface area contributed by atoms with Crippen LogP contribution >= 0.6 is 43.2 Å². The van der Waals surface area contributed by atoms with Crippen LogP contribution in [-0.4, -0.2) is 7.11 Å². The summed E-state index contributed by atoms with van der Waals surface area (Å²) in [6, 6.07) is 8.66. The van der Waals surface area contributed by atoms with Crippen LogP contribution in [-0.2, 0) is 6.42 Å². The third-order valence-electron chi connectivity index (χ3n) is 3.59. The zero-order valence-corrected chi connectivity index (χ0v) is 15.1. The highest BCUT2D eigenvalue weighted by molar-refractivity contribution is 9.11. The summed E-state index contributed by atoms with van der Waals surface area (Å²) in [4.78, 5) is 1.50. The molecule has 106 valence electrons. The number of rotatable bonds is 3. The fraction of sp³-hybridized carbons (Fsp3) is 0.333. The molecule has 0 aliphatic heterocycles. The van der Waals surface area contributed by atoms with Gasteiger partial charge in [-0.05, 0) is 74.9 Å². The fourth-order valence-electron chi connectivity index (χ4n) is 2.60. The van der Waals surface area contributed by atoms with Crippen molar-refractivity contribution in [1.82, 2.24) is 0 Å². The summed E-state index contributed by atoms with van der Waals surface area (Å²) >= 11 is 9.07. The Morgan fingerprint density at radius 1 is 1.30 bits per heavy atom. The molecule has 0 radical (unpaired) electrons. The first kappa shape index (κ1) is 14.4. The van der Waals surface area contributed by atoms with Gasteiger partial charge in [-0.25, -0.2) is 0 Å². The van der Waals surface area contributed by atoms with Gasteiger partial charge in [-0.3, -0.25) is 0 Å². The van der Waals surface area contributed by atoms with Crippen molar-refractivity contribution in [2.45, 2.75) is 25.3 Å². The lowest BCUT2D eigenvalue weighted by Gasteiger charge is -2.25. The zero-order valence-electron chi connectivity index (χ0n) is 11.1. The third kappa shape index (κ3) is 2.90. The van der Waals surface area contributed by atoms with E-state index in [9.17, 15) is 0 Å². The summed E-state index contributed by atoms with van der Waals surface area (Å²) in [7, 11) is 1.70. The van der Waals surface area contributed by atoms with Gasteiger partial charge < -0.3 is 10.1 Å². The van der Waals surface area contributed by atoms with Gasteiger partial charge in [-0.2, -0.15) is 0 Å². The summed E-state index contributed by atoms with van der Waals surface area (Å²) in [5, 5.41) is 3.65. The predicted molar refractivity (Wildman–Crippen MR) is 92.0 cm³/mol. The monoisotopic (exact) mass is 415 g/mol. The van der Waals surface area contributed by atoms with Crippen molar-refractivity contribution >= 4 is 48.9 Å². The number of halogens is 2. The number of anilines is 1. The second-order valence-electron chi connectivity index (χ2n) is 4.86. The quantitative estimate of drug-likeness (QED) is 0.685. The minimum Gasteiger partial charge on any atom is -0.497 e. The molecule has 1 aromatic heterocycles. The van der Waals surface area contributed by atoms with Crippen molar-refractivity contribution < 1.29 is 4.74 Å². The molecule has 1 heterocycles. The van der Waals surface area contributed by atoms with Gasteiger partial charge in [0.2, 0.25) is 0 Å². The van der Waals surface area contributed by atoms with E-state index in [4.69, 9.17) is 4.74 Å². The van der Waals surface area contributed by atoms with E-state index in [-0.39, 0.29) is 0 Å². The molecule has 1 N–H and O–H groups in total. The molecule has 2 aromatic rings. The van der Waals surface area contributed by atoms with Crippen LogP contribution in [0.25, 0.3) is 0 Å². The van der Waals surface area contributed by atoms with E-state index in [2.05, 4.69) is 43.2 Å². The van der Waals surface area contributed by atoms with Gasteiger partial charge in [0.15, 0.2) is 0 Å². The zero-order chi connectivity index (χ0) is 14.1. The fourth-order valence-corrected chi connectivity index (χ4v) is 4.78. The summed E-state index contributed by atoms with van der Waals surface area (Å²) in [5.41, 5.74) is 2.52. The maximum Gasteiger partial charge on any atom is 0.121 e. The second-order valence-corrected chi connectivity index (χ2v) is 8.23. The first-order valence-electron chi connectivity index (χ1n) is 6.55. The highest BCUT2D eigenvalue weighted by Crippen LogP contribution is 2.40. The Morgan fingerprint density at radius 3 is 2.95 bits per heavy atom. The van der Waals surface area contributed by atoms with Gasteiger partial charge in [0, 0.05) is 15.4 Å². The van der Waals surface area contributed by atoms with E-state index in [1.165, 1.54) is 33.5 Å². The summed E-state index contributed by atoms with van der Waals surface area (Å²) < 4.78 is 7.60. The molecule has 0 fully saturated rings. The van der Waals surface area contributed by atoms with Gasteiger partial charge in [-0.15, -0.1) is 11.3 Å². The van der Waals surface area contributed by atoms with Crippen LogP contribution in [0.5, 0.6) is 5.75 Å². The van der Waals surface area contributed by atoms with Crippen LogP contribution < -0.4 is 10.1 Å². The number of ether oxygens (including phenoxy) is 1. The third-order valence-corrected chi connectivity index (χ3v) is 5.99. The highest BCUT2D eigenvalue weighted by atomic mass is 79.9. The molecule has 1 aliphatic rings. The molecule has 20 heavy (non-hydrogen) atoms. The predicted octanol–water partition coefficient (Wildman–Crippen LogP) is 5.77. The van der Waals surface area contributed by atoms with Gasteiger partial charge in [0.1, 0.15) is 5.75 Å². The van der Waals surface area contributed by atoms with Crippen molar-refractivity contribution in [2.75, 3.05) is 12.4 Å². The summed E-state index contributed by atoms with van der Waals surface area (Å²) in [6.45, 7) is 0. The van der Waals surface area contributed by atoms with Crippen LogP contribution in [0.2, 0.25) is 0 Å². The lowest BCUT2D eigenvalue weighted by atomic mass is 9.94. The molecule has 0 spiro atoms. The van der Waals surface area contributed by atoms with Gasteiger partial charge in [0.05, 0.1) is 22.6 Å². The lowest BCUT2D eigenvalue weighted by molar-refractivity contribution is 0.415. The normalized spacial score (nSPS) is 17.6. The summed E-state index contributed by atoms with van der Waals surface area (Å²) in [6.07, 6.45) is 3.60. The van der Waals surface area contributed by atoms with Gasteiger partial charge in [0.25, 0.3) is 0 Å². The molecule has 1 unspecified atom stereocenters. The van der Waals surface area contributed by atoms with Crippen LogP contribution in [0.15, 0.2) is 32.5 Å². The number of nitrogens with one attached hydrogen (secondary N) is 1. The molecule has 0 bridgehead atoms. The van der Waals surface area contributed by atoms with Crippen molar-refractivity contribution in [1.29, 1.82) is 0 Å². The Bertz CT molecular complexity index is 626. The van der Waals surface area contributed by atoms with Crippen molar-refractivity contribution in [2.24, 2.45) is 0 Å². The van der Waals surface area contributed by atoms with Crippen LogP contribution in [0.3, 0.4) is 0 Å². The Kier molecular flexibility index (Phi) is 4.38. The highest BCUT2D eigenvalue weighted by Gasteiger charge is 2.23. The lowest BCUT2D eigenvalue weighted by Crippen LogP contribution is -2.15. The smallest absolute Gasteiger partial charge is 0.121 e. The molecular weight excluding hydrogens is 402 g/mol. The summed E-state index contributed by atoms with van der Waals surface area (Å²) in [5.74, 6) is 0.873. The number of methoxy groups -OCH3 is 1. The van der Waals surface area contributed by atoms with E-state index < -0.39 is 0 Å². The second kappa shape index (κ2) is 6.08. The standard InChI is InChI=1S/C15H15Br2NOS/c1-19-9-5-6-11(16)13(7-9)18-12-3-2-4-14-10(12)8-15(17)20-14/h5-8,12,18H,2-4H2,1H3. The Labute approximate surface area is 139 Å². The van der Waals surface area contributed by atoms with Crippen molar-refractivity contribution in [3.63, 3.8) is 0 Å². The van der Waals surface area contributed by atoms with Crippen molar-refractivity contribution in [3.05, 3.63) is 43.0 Å². The van der Waals surface area contributed by atoms with E-state index in [1.807, 2.05) is 29.5 Å². The van der Waals surface area contributed by atoms with Gasteiger partial charge >= 0.3 is 0 Å². The molecule has 3 rings (SSSR count). The number of hydrogen-bond donors (Lipinski definition) is 1. The van der Waals surface area contributed by atoms with E-state index in [0.717, 1.165) is 15.9 Å². The van der Waals surface area contributed by atoms with E-state index in [0.29, 0.717) is 6.04 Å². The van der Waals surface area contributed by atoms with E-state index in [1.54, 1.807) is 7.11 Å². The first-order chi connectivity index (χ1) is 9.67. The van der Waals surface area contributed by atoms with Crippen LogP contribution in [0.1, 0.15) is 29.3 Å². The number of hydrogen-bond acceptors (Lipinski definition) is 3. The molecule has 5 heteroatoms. The Hall–Kier alpha value is -0.520. The minimum atomic E-state index is 0.379. The average Bonchev–Trinajstić information content (AvgIpc) is 2.82. The van der Waals surface area contributed by atoms with Crippen LogP contribution in [0, 0.1) is 0 Å². The van der Waals surface area contributed by atoms with Crippen LogP contribution in [0.4, 0.5) is 5.69 Å². The topological polar surface area (TPSA) is 21.3 Å². The molecule has 2 nitrogen and oxygen atoms in total. The number of benzene rings is 1. The number of thiophene rings is 1.